The van der Waals surface area contributed by atoms with Crippen LogP contribution in [-0.4, -0.2) is 19.7 Å². The van der Waals surface area contributed by atoms with Gasteiger partial charge in [-0.2, -0.15) is 0 Å². The zero-order valence-electron chi connectivity index (χ0n) is 11.9. The minimum atomic E-state index is -3.16. The van der Waals surface area contributed by atoms with E-state index in [0.29, 0.717) is 4.90 Å². The SMILES string of the molecule is Cc1cccc2ccc(-c3ccc(S(C)(=O)=O)cc3)nc12. The van der Waals surface area contributed by atoms with Gasteiger partial charge in [-0.3, -0.25) is 0 Å². The van der Waals surface area contributed by atoms with Gasteiger partial charge < -0.3 is 0 Å². The summed E-state index contributed by atoms with van der Waals surface area (Å²) in [5.41, 5.74) is 3.86. The maximum Gasteiger partial charge on any atom is 0.175 e. The Morgan fingerprint density at radius 2 is 1.62 bits per heavy atom. The maximum absolute atomic E-state index is 11.5. The third-order valence-corrected chi connectivity index (χ3v) is 4.63. The van der Waals surface area contributed by atoms with Crippen molar-refractivity contribution in [3.63, 3.8) is 0 Å². The predicted octanol–water partition coefficient (Wildman–Crippen LogP) is 3.61. The van der Waals surface area contributed by atoms with E-state index in [1.807, 2.05) is 37.3 Å². The lowest BCUT2D eigenvalue weighted by molar-refractivity contribution is 0.602. The molecule has 21 heavy (non-hydrogen) atoms. The lowest BCUT2D eigenvalue weighted by Gasteiger charge is -2.06. The number of hydrogen-bond acceptors (Lipinski definition) is 3. The average molecular weight is 297 g/mol. The molecule has 1 heterocycles. The van der Waals surface area contributed by atoms with E-state index in [1.54, 1.807) is 24.3 Å². The smallest absolute Gasteiger partial charge is 0.175 e. The van der Waals surface area contributed by atoms with Gasteiger partial charge in [-0.1, -0.05) is 36.4 Å². The number of fused-ring (bicyclic) bond motifs is 1. The van der Waals surface area contributed by atoms with Crippen LogP contribution in [0.4, 0.5) is 0 Å². The van der Waals surface area contributed by atoms with Crippen molar-refractivity contribution in [3.05, 3.63) is 60.2 Å². The molecule has 0 fully saturated rings. The second-order valence-electron chi connectivity index (χ2n) is 5.14. The third kappa shape index (κ3) is 2.67. The Morgan fingerprint density at radius 3 is 2.29 bits per heavy atom. The third-order valence-electron chi connectivity index (χ3n) is 3.50. The highest BCUT2D eigenvalue weighted by Gasteiger charge is 2.08. The molecule has 4 heteroatoms. The summed E-state index contributed by atoms with van der Waals surface area (Å²) in [7, 11) is -3.16. The second kappa shape index (κ2) is 4.97. The quantitative estimate of drug-likeness (QED) is 0.726. The molecule has 2 aromatic carbocycles. The van der Waals surface area contributed by atoms with E-state index in [2.05, 4.69) is 4.98 Å². The van der Waals surface area contributed by atoms with Gasteiger partial charge in [-0.05, 0) is 30.7 Å². The van der Waals surface area contributed by atoms with Gasteiger partial charge in [0.2, 0.25) is 0 Å². The molecular formula is C17H15NO2S. The molecule has 0 bridgehead atoms. The zero-order chi connectivity index (χ0) is 15.0. The van der Waals surface area contributed by atoms with Crippen molar-refractivity contribution in [3.8, 4) is 11.3 Å². The molecule has 3 nitrogen and oxygen atoms in total. The number of aryl methyl sites for hydroxylation is 1. The van der Waals surface area contributed by atoms with Crippen LogP contribution >= 0.6 is 0 Å². The largest absolute Gasteiger partial charge is 0.248 e. The topological polar surface area (TPSA) is 47.0 Å². The van der Waals surface area contributed by atoms with Crippen LogP contribution in [0.25, 0.3) is 22.2 Å². The molecule has 0 amide bonds. The zero-order valence-corrected chi connectivity index (χ0v) is 12.7. The van der Waals surface area contributed by atoms with E-state index in [9.17, 15) is 8.42 Å². The van der Waals surface area contributed by atoms with E-state index < -0.39 is 9.84 Å². The minimum Gasteiger partial charge on any atom is -0.248 e. The number of benzene rings is 2. The standard InChI is InChI=1S/C17H15NO2S/c1-12-4-3-5-14-8-11-16(18-17(12)14)13-6-9-15(10-7-13)21(2,19)20/h3-11H,1-2H3. The molecule has 0 aliphatic heterocycles. The summed E-state index contributed by atoms with van der Waals surface area (Å²) in [4.78, 5) is 5.01. The predicted molar refractivity (Wildman–Crippen MR) is 85.0 cm³/mol. The van der Waals surface area contributed by atoms with Crippen LogP contribution in [-0.2, 0) is 9.84 Å². The van der Waals surface area contributed by atoms with Crippen LogP contribution in [0.15, 0.2) is 59.5 Å². The minimum absolute atomic E-state index is 0.322. The highest BCUT2D eigenvalue weighted by molar-refractivity contribution is 7.90. The normalized spacial score (nSPS) is 11.7. The van der Waals surface area contributed by atoms with Gasteiger partial charge in [-0.15, -0.1) is 0 Å². The lowest BCUT2D eigenvalue weighted by atomic mass is 10.1. The Morgan fingerprint density at radius 1 is 0.905 bits per heavy atom. The Kier molecular flexibility index (Phi) is 3.26. The molecule has 0 unspecified atom stereocenters. The van der Waals surface area contributed by atoms with Gasteiger partial charge in [-0.25, -0.2) is 13.4 Å². The maximum atomic E-state index is 11.5. The van der Waals surface area contributed by atoms with Gasteiger partial charge in [0.1, 0.15) is 0 Å². The fourth-order valence-electron chi connectivity index (χ4n) is 2.33. The van der Waals surface area contributed by atoms with E-state index >= 15 is 0 Å². The van der Waals surface area contributed by atoms with E-state index in [0.717, 1.165) is 27.7 Å². The number of aromatic nitrogens is 1. The van der Waals surface area contributed by atoms with Crippen molar-refractivity contribution in [1.82, 2.24) is 4.98 Å². The van der Waals surface area contributed by atoms with Gasteiger partial charge in [0, 0.05) is 17.2 Å². The average Bonchev–Trinajstić information content (AvgIpc) is 2.47. The molecule has 0 atom stereocenters. The Bertz CT molecular complexity index is 913. The summed E-state index contributed by atoms with van der Waals surface area (Å²) < 4.78 is 23.0. The molecule has 0 radical (unpaired) electrons. The molecule has 1 aromatic heterocycles. The fraction of sp³-hybridized carbons (Fsp3) is 0.118. The van der Waals surface area contributed by atoms with Crippen molar-refractivity contribution < 1.29 is 8.42 Å². The number of pyridine rings is 1. The number of sulfone groups is 1. The van der Waals surface area contributed by atoms with Crippen molar-refractivity contribution in [2.45, 2.75) is 11.8 Å². The monoisotopic (exact) mass is 297 g/mol. The van der Waals surface area contributed by atoms with Gasteiger partial charge in [0.05, 0.1) is 16.1 Å². The lowest BCUT2D eigenvalue weighted by Crippen LogP contribution is -1.96. The van der Waals surface area contributed by atoms with Crippen LogP contribution in [0.1, 0.15) is 5.56 Å². The number of nitrogens with zero attached hydrogens (tertiary/aromatic N) is 1. The van der Waals surface area contributed by atoms with Crippen LogP contribution in [0.2, 0.25) is 0 Å². The van der Waals surface area contributed by atoms with Gasteiger partial charge in [0.15, 0.2) is 9.84 Å². The summed E-state index contributed by atoms with van der Waals surface area (Å²) in [6.07, 6.45) is 1.21. The van der Waals surface area contributed by atoms with Crippen LogP contribution < -0.4 is 0 Å². The molecule has 0 aliphatic rings. The van der Waals surface area contributed by atoms with Crippen molar-refractivity contribution in [2.75, 3.05) is 6.26 Å². The van der Waals surface area contributed by atoms with E-state index in [4.69, 9.17) is 0 Å². The second-order valence-corrected chi connectivity index (χ2v) is 7.16. The molecule has 0 aliphatic carbocycles. The Balaban J connectivity index is 2.10. The number of hydrogen-bond donors (Lipinski definition) is 0. The van der Waals surface area contributed by atoms with E-state index in [-0.39, 0.29) is 0 Å². The first-order chi connectivity index (χ1) is 9.95. The van der Waals surface area contributed by atoms with Crippen molar-refractivity contribution >= 4 is 20.7 Å². The van der Waals surface area contributed by atoms with Crippen LogP contribution in [0.5, 0.6) is 0 Å². The number of rotatable bonds is 2. The first-order valence-electron chi connectivity index (χ1n) is 6.62. The van der Waals surface area contributed by atoms with Crippen molar-refractivity contribution in [2.24, 2.45) is 0 Å². The molecule has 3 rings (SSSR count). The van der Waals surface area contributed by atoms with Crippen LogP contribution in [0.3, 0.4) is 0 Å². The molecule has 0 saturated heterocycles. The summed E-state index contributed by atoms with van der Waals surface area (Å²) in [6, 6.07) is 16.9. The summed E-state index contributed by atoms with van der Waals surface area (Å²) >= 11 is 0. The number of para-hydroxylation sites is 1. The fourth-order valence-corrected chi connectivity index (χ4v) is 2.96. The Labute approximate surface area is 124 Å². The van der Waals surface area contributed by atoms with Crippen LogP contribution in [0, 0.1) is 6.92 Å². The molecule has 106 valence electrons. The Hall–Kier alpha value is -2.20. The van der Waals surface area contributed by atoms with Gasteiger partial charge in [0.25, 0.3) is 0 Å². The van der Waals surface area contributed by atoms with E-state index in [1.165, 1.54) is 6.26 Å². The molecular weight excluding hydrogens is 282 g/mol. The summed E-state index contributed by atoms with van der Waals surface area (Å²) in [5.74, 6) is 0. The molecule has 0 N–H and O–H groups in total. The highest BCUT2D eigenvalue weighted by Crippen LogP contribution is 2.24. The molecule has 3 aromatic rings. The van der Waals surface area contributed by atoms with Crippen molar-refractivity contribution in [1.29, 1.82) is 0 Å². The first kappa shape index (κ1) is 13.8. The molecule has 0 spiro atoms. The highest BCUT2D eigenvalue weighted by atomic mass is 32.2. The van der Waals surface area contributed by atoms with Gasteiger partial charge >= 0.3 is 0 Å². The summed E-state index contributed by atoms with van der Waals surface area (Å²) in [5, 5.41) is 1.10. The molecule has 0 saturated carbocycles. The first-order valence-corrected chi connectivity index (χ1v) is 8.51. The summed E-state index contributed by atoms with van der Waals surface area (Å²) in [6.45, 7) is 2.03.